The number of ketones is 3. The number of carbonyl (C=O) groups excluding carboxylic acids is 3. The Balaban J connectivity index is 5.99. The molecule has 0 spiro atoms. The fourth-order valence-electron chi connectivity index (χ4n) is 2.67. The Labute approximate surface area is 173 Å². The molecule has 0 aromatic carbocycles. The molecular formula is C24H45NO3. The van der Waals surface area contributed by atoms with E-state index in [1.165, 1.54) is 0 Å². The first-order valence-electron chi connectivity index (χ1n) is 10.5. The summed E-state index contributed by atoms with van der Waals surface area (Å²) in [6.45, 7) is 23.7. The van der Waals surface area contributed by atoms with E-state index in [0.717, 1.165) is 6.42 Å². The lowest BCUT2D eigenvalue weighted by Crippen LogP contribution is -2.52. The van der Waals surface area contributed by atoms with Gasteiger partial charge in [0.05, 0.1) is 19.1 Å². The third kappa shape index (κ3) is 9.45. The molecule has 0 aliphatic rings. The van der Waals surface area contributed by atoms with Gasteiger partial charge in [-0.15, -0.1) is 0 Å². The van der Waals surface area contributed by atoms with Gasteiger partial charge in [-0.25, -0.2) is 0 Å². The zero-order valence-corrected chi connectivity index (χ0v) is 20.6. The normalized spacial score (nSPS) is 14.9. The topological polar surface area (TPSA) is 54.5 Å². The highest BCUT2D eigenvalue weighted by molar-refractivity contribution is 5.92. The maximum absolute atomic E-state index is 13.3. The number of hydrogen-bond donors (Lipinski definition) is 0. The van der Waals surface area contributed by atoms with Crippen molar-refractivity contribution >= 4 is 17.3 Å². The molecule has 0 aliphatic carbocycles. The van der Waals surface area contributed by atoms with E-state index < -0.39 is 22.3 Å². The zero-order valence-electron chi connectivity index (χ0n) is 20.6. The summed E-state index contributed by atoms with van der Waals surface area (Å²) >= 11 is 0. The largest absolute Gasteiger partial charge is 0.298 e. The molecule has 0 aliphatic heterocycles. The van der Waals surface area contributed by atoms with E-state index in [9.17, 15) is 14.4 Å². The van der Waals surface area contributed by atoms with E-state index in [2.05, 4.69) is 20.8 Å². The van der Waals surface area contributed by atoms with E-state index in [1.807, 2.05) is 67.2 Å². The third-order valence-corrected chi connectivity index (χ3v) is 5.02. The Bertz CT molecular complexity index is 535. The second-order valence-corrected chi connectivity index (χ2v) is 12.5. The fourth-order valence-corrected chi connectivity index (χ4v) is 2.67. The van der Waals surface area contributed by atoms with Crippen molar-refractivity contribution in [1.82, 2.24) is 4.90 Å². The predicted molar refractivity (Wildman–Crippen MR) is 117 cm³/mol. The highest BCUT2D eigenvalue weighted by Gasteiger charge is 2.38. The summed E-state index contributed by atoms with van der Waals surface area (Å²) in [5, 5.41) is 0. The molecule has 0 saturated carbocycles. The summed E-state index contributed by atoms with van der Waals surface area (Å²) in [7, 11) is 0. The Morgan fingerprint density at radius 1 is 0.643 bits per heavy atom. The predicted octanol–water partition coefficient (Wildman–Crippen LogP) is 5.33. The van der Waals surface area contributed by atoms with Crippen molar-refractivity contribution in [3.05, 3.63) is 0 Å². The summed E-state index contributed by atoms with van der Waals surface area (Å²) in [4.78, 5) is 40.8. The quantitative estimate of drug-likeness (QED) is 0.557. The Kier molecular flexibility index (Phi) is 8.85. The second-order valence-electron chi connectivity index (χ2n) is 12.5. The Morgan fingerprint density at radius 2 is 1.00 bits per heavy atom. The van der Waals surface area contributed by atoms with Gasteiger partial charge in [0.25, 0.3) is 0 Å². The van der Waals surface area contributed by atoms with Gasteiger partial charge in [-0.1, -0.05) is 83.1 Å². The van der Waals surface area contributed by atoms with Gasteiger partial charge in [0.2, 0.25) is 0 Å². The van der Waals surface area contributed by atoms with Gasteiger partial charge >= 0.3 is 0 Å². The Morgan fingerprint density at radius 3 is 1.25 bits per heavy atom. The van der Waals surface area contributed by atoms with Gasteiger partial charge in [0, 0.05) is 16.2 Å². The number of rotatable bonds is 8. The van der Waals surface area contributed by atoms with Crippen LogP contribution in [0.15, 0.2) is 0 Å². The molecule has 0 heterocycles. The van der Waals surface area contributed by atoms with Crippen LogP contribution < -0.4 is 0 Å². The van der Waals surface area contributed by atoms with Gasteiger partial charge in [0.1, 0.15) is 0 Å². The first-order valence-corrected chi connectivity index (χ1v) is 10.5. The molecule has 0 fully saturated rings. The van der Waals surface area contributed by atoms with Crippen LogP contribution in [0.5, 0.6) is 0 Å². The molecular weight excluding hydrogens is 350 g/mol. The first kappa shape index (κ1) is 27.0. The average Bonchev–Trinajstić information content (AvgIpc) is 2.42. The monoisotopic (exact) mass is 395 g/mol. The van der Waals surface area contributed by atoms with Crippen molar-refractivity contribution in [2.24, 2.45) is 21.7 Å². The van der Waals surface area contributed by atoms with Crippen molar-refractivity contribution in [3.8, 4) is 0 Å². The van der Waals surface area contributed by atoms with Crippen LogP contribution in [-0.2, 0) is 14.4 Å². The van der Waals surface area contributed by atoms with E-state index in [4.69, 9.17) is 0 Å². The van der Waals surface area contributed by atoms with E-state index >= 15 is 0 Å². The third-order valence-electron chi connectivity index (χ3n) is 5.02. The minimum absolute atomic E-state index is 0.0525. The lowest BCUT2D eigenvalue weighted by molar-refractivity contribution is -0.138. The molecule has 164 valence electrons. The summed E-state index contributed by atoms with van der Waals surface area (Å²) in [5.41, 5.74) is -1.48. The Hall–Kier alpha value is -1.03. The number of Topliss-reactive ketones (excluding diaryl/α,β-unsaturated/α-hetero) is 3. The average molecular weight is 396 g/mol. The summed E-state index contributed by atoms with van der Waals surface area (Å²) < 4.78 is 0. The van der Waals surface area contributed by atoms with Gasteiger partial charge < -0.3 is 0 Å². The van der Waals surface area contributed by atoms with Crippen molar-refractivity contribution in [1.29, 1.82) is 0 Å². The number of nitrogens with zero attached hydrogens (tertiary/aromatic N) is 1. The molecule has 28 heavy (non-hydrogen) atoms. The van der Waals surface area contributed by atoms with Crippen molar-refractivity contribution in [2.45, 2.75) is 102 Å². The maximum Gasteiger partial charge on any atom is 0.155 e. The maximum atomic E-state index is 13.3. The molecule has 0 aromatic heterocycles. The molecule has 1 unspecified atom stereocenters. The first-order chi connectivity index (χ1) is 12.2. The van der Waals surface area contributed by atoms with E-state index in [-0.39, 0.29) is 35.9 Å². The fraction of sp³-hybridized carbons (Fsp3) is 0.875. The highest BCUT2D eigenvalue weighted by atomic mass is 16.1. The van der Waals surface area contributed by atoms with Gasteiger partial charge in [0.15, 0.2) is 17.3 Å². The molecule has 0 N–H and O–H groups in total. The second kappa shape index (κ2) is 9.19. The smallest absolute Gasteiger partial charge is 0.155 e. The van der Waals surface area contributed by atoms with E-state index in [1.54, 1.807) is 0 Å². The molecule has 0 aromatic rings. The zero-order chi connectivity index (χ0) is 22.7. The molecule has 0 radical (unpaired) electrons. The lowest BCUT2D eigenvalue weighted by Gasteiger charge is -2.37. The molecule has 1 atom stereocenters. The van der Waals surface area contributed by atoms with Crippen LogP contribution in [0, 0.1) is 21.7 Å². The summed E-state index contributed by atoms with van der Waals surface area (Å²) in [5.74, 6) is 0.202. The van der Waals surface area contributed by atoms with Crippen LogP contribution in [0.3, 0.4) is 0 Å². The van der Waals surface area contributed by atoms with Crippen LogP contribution in [-0.4, -0.2) is 41.4 Å². The van der Waals surface area contributed by atoms with Crippen LogP contribution in [0.4, 0.5) is 0 Å². The van der Waals surface area contributed by atoms with Gasteiger partial charge in [-0.2, -0.15) is 0 Å². The summed E-state index contributed by atoms with van der Waals surface area (Å²) in [6.07, 6.45) is 1.50. The van der Waals surface area contributed by atoms with Gasteiger partial charge in [-0.05, 0) is 18.3 Å². The van der Waals surface area contributed by atoms with Crippen molar-refractivity contribution < 1.29 is 14.4 Å². The van der Waals surface area contributed by atoms with Crippen molar-refractivity contribution in [2.75, 3.05) is 13.1 Å². The molecule has 0 rings (SSSR count). The van der Waals surface area contributed by atoms with Gasteiger partial charge in [-0.3, -0.25) is 19.3 Å². The standard InChI is InChI=1S/C24H45NO3/c1-21(2,3)14-13-17(20(28)24(10,11)12)25(15-18(26)22(4,5)6)16-19(27)23(7,8)9/h17H,13-16H2,1-12H3. The van der Waals surface area contributed by atoms with Crippen LogP contribution in [0.25, 0.3) is 0 Å². The minimum Gasteiger partial charge on any atom is -0.298 e. The number of carbonyl (C=O) groups is 3. The molecule has 4 heteroatoms. The highest BCUT2D eigenvalue weighted by Crippen LogP contribution is 2.29. The van der Waals surface area contributed by atoms with Crippen LogP contribution in [0.2, 0.25) is 0 Å². The minimum atomic E-state index is -0.531. The van der Waals surface area contributed by atoms with Crippen molar-refractivity contribution in [3.63, 3.8) is 0 Å². The molecule has 4 nitrogen and oxygen atoms in total. The van der Waals surface area contributed by atoms with E-state index in [0.29, 0.717) is 6.42 Å². The summed E-state index contributed by atoms with van der Waals surface area (Å²) in [6, 6.07) is -0.433. The van der Waals surface area contributed by atoms with Crippen LogP contribution in [0.1, 0.15) is 95.9 Å². The molecule has 0 saturated heterocycles. The van der Waals surface area contributed by atoms with Crippen LogP contribution >= 0.6 is 0 Å². The molecule has 0 amide bonds. The SMILES string of the molecule is CC(C)(C)CCC(C(=O)C(C)(C)C)N(CC(=O)C(C)(C)C)CC(=O)C(C)(C)C. The lowest BCUT2D eigenvalue weighted by atomic mass is 9.80. The number of hydrogen-bond acceptors (Lipinski definition) is 4. The molecule has 0 bridgehead atoms.